The van der Waals surface area contributed by atoms with Gasteiger partial charge in [-0.2, -0.15) is 0 Å². The highest BCUT2D eigenvalue weighted by molar-refractivity contribution is 6.43. The highest BCUT2D eigenvalue weighted by atomic mass is 19.1. The lowest BCUT2D eigenvalue weighted by atomic mass is 9.75. The lowest BCUT2D eigenvalue weighted by Gasteiger charge is -2.43. The first-order valence-corrected chi connectivity index (χ1v) is 9.11. The normalized spacial score (nSPS) is 17.3. The van der Waals surface area contributed by atoms with Gasteiger partial charge in [0.05, 0.1) is 12.5 Å². The number of nitrogens with zero attached hydrogens (tertiary/aromatic N) is 2. The van der Waals surface area contributed by atoms with Crippen molar-refractivity contribution >= 4 is 24.6 Å². The van der Waals surface area contributed by atoms with E-state index in [-0.39, 0.29) is 30.2 Å². The van der Waals surface area contributed by atoms with Crippen LogP contribution in [0.2, 0.25) is 0 Å². The van der Waals surface area contributed by atoms with Crippen molar-refractivity contribution in [2.24, 2.45) is 5.92 Å². The largest absolute Gasteiger partial charge is 0.475 e. The van der Waals surface area contributed by atoms with Gasteiger partial charge in [0.25, 0.3) is 0 Å². The van der Waals surface area contributed by atoms with E-state index in [9.17, 15) is 24.0 Å². The predicted molar refractivity (Wildman–Crippen MR) is 101 cm³/mol. The monoisotopic (exact) mass is 379 g/mol. The fourth-order valence-corrected chi connectivity index (χ4v) is 3.15. The van der Waals surface area contributed by atoms with Gasteiger partial charge in [-0.25, -0.2) is 4.39 Å². The Morgan fingerprint density at radius 3 is 2.44 bits per heavy atom. The van der Waals surface area contributed by atoms with E-state index in [0.29, 0.717) is 19.4 Å². The number of benzene rings is 1. The van der Waals surface area contributed by atoms with Crippen LogP contribution in [-0.2, 0) is 9.59 Å². The number of amides is 2. The molecule has 2 rings (SSSR count). The molecule has 2 atom stereocenters. The Morgan fingerprint density at radius 1 is 1.33 bits per heavy atom. The van der Waals surface area contributed by atoms with Gasteiger partial charge in [0.15, 0.2) is 0 Å². The summed E-state index contributed by atoms with van der Waals surface area (Å²) < 4.78 is 13.1. The van der Waals surface area contributed by atoms with Gasteiger partial charge in [-0.15, -0.1) is 0 Å². The van der Waals surface area contributed by atoms with Crippen molar-refractivity contribution in [1.29, 1.82) is 0 Å². The van der Waals surface area contributed by atoms with Crippen LogP contribution < -0.4 is 10.2 Å². The van der Waals surface area contributed by atoms with Crippen molar-refractivity contribution in [2.75, 3.05) is 25.0 Å². The van der Waals surface area contributed by atoms with Gasteiger partial charge in [0.2, 0.25) is 11.8 Å². The van der Waals surface area contributed by atoms with Crippen LogP contribution in [0.5, 0.6) is 0 Å². The van der Waals surface area contributed by atoms with E-state index in [1.807, 2.05) is 18.7 Å². The number of rotatable bonds is 8. The first-order valence-electron chi connectivity index (χ1n) is 9.11. The van der Waals surface area contributed by atoms with Gasteiger partial charge in [0.1, 0.15) is 11.9 Å². The van der Waals surface area contributed by atoms with Crippen molar-refractivity contribution in [1.82, 2.24) is 10.2 Å². The van der Waals surface area contributed by atoms with Gasteiger partial charge >= 0.3 is 7.12 Å². The third kappa shape index (κ3) is 5.67. The second kappa shape index (κ2) is 9.19. The van der Waals surface area contributed by atoms with Crippen LogP contribution in [0, 0.1) is 11.7 Å². The summed E-state index contributed by atoms with van der Waals surface area (Å²) in [5.41, 5.74) is 0.763. The van der Waals surface area contributed by atoms with Crippen LogP contribution in [0.15, 0.2) is 24.3 Å². The molecule has 1 fully saturated rings. The zero-order valence-corrected chi connectivity index (χ0v) is 15.9. The van der Waals surface area contributed by atoms with E-state index in [1.54, 1.807) is 12.1 Å². The van der Waals surface area contributed by atoms with Gasteiger partial charge in [-0.1, -0.05) is 13.8 Å². The summed E-state index contributed by atoms with van der Waals surface area (Å²) in [5, 5.41) is 21.4. The van der Waals surface area contributed by atoms with Gasteiger partial charge in [0, 0.05) is 19.3 Å². The lowest BCUT2D eigenvalue weighted by Crippen LogP contribution is -2.58. The Balaban J connectivity index is 1.90. The zero-order chi connectivity index (χ0) is 20.1. The van der Waals surface area contributed by atoms with Gasteiger partial charge in [-0.3, -0.25) is 9.59 Å². The Labute approximate surface area is 159 Å². The molecule has 0 aromatic heterocycles. The maximum absolute atomic E-state index is 13.1. The fourth-order valence-electron chi connectivity index (χ4n) is 3.15. The first kappa shape index (κ1) is 21.2. The molecule has 1 saturated heterocycles. The van der Waals surface area contributed by atoms with Crippen LogP contribution in [0.3, 0.4) is 0 Å². The molecule has 1 aromatic carbocycles. The maximum atomic E-state index is 13.1. The molecule has 1 aliphatic heterocycles. The Hall–Kier alpha value is -2.13. The van der Waals surface area contributed by atoms with E-state index < -0.39 is 19.0 Å². The van der Waals surface area contributed by atoms with Crippen molar-refractivity contribution < 1.29 is 24.0 Å². The Kier molecular flexibility index (Phi) is 7.21. The standard InChI is InChI=1S/C18H27BFN3O4/c1-12(2)10-16(19(26)27)21-17(24)11-22(3)18(25)15-8-9-23(15)14-6-4-13(20)5-7-14/h4-7,12,15-16,26-27H,8-11H2,1-3H3,(H,21,24)/t15-,16?/m0/s1. The van der Waals surface area contributed by atoms with Crippen molar-refractivity contribution in [3.63, 3.8) is 0 Å². The average molecular weight is 379 g/mol. The molecule has 0 bridgehead atoms. The summed E-state index contributed by atoms with van der Waals surface area (Å²) >= 11 is 0. The quantitative estimate of drug-likeness (QED) is 0.569. The topological polar surface area (TPSA) is 93.1 Å². The van der Waals surface area contributed by atoms with Gasteiger partial charge < -0.3 is 25.2 Å². The second-order valence-corrected chi connectivity index (χ2v) is 7.39. The number of hydrogen-bond acceptors (Lipinski definition) is 5. The molecule has 0 spiro atoms. The highest BCUT2D eigenvalue weighted by Gasteiger charge is 2.36. The number of halogens is 1. The molecule has 2 amide bonds. The SMILES string of the molecule is CC(C)CC(NC(=O)CN(C)C(=O)[C@@H]1CCN1c1ccc(F)cc1)B(O)O. The third-order valence-electron chi connectivity index (χ3n) is 4.65. The summed E-state index contributed by atoms with van der Waals surface area (Å²) in [7, 11) is -0.117. The molecule has 1 unspecified atom stereocenters. The molecule has 3 N–H and O–H groups in total. The maximum Gasteiger partial charge on any atom is 0.475 e. The number of carbonyl (C=O) groups is 2. The summed E-state index contributed by atoms with van der Waals surface area (Å²) in [6.07, 6.45) is 1.08. The van der Waals surface area contributed by atoms with Crippen molar-refractivity contribution in [2.45, 2.75) is 38.7 Å². The molecule has 7 nitrogen and oxygen atoms in total. The van der Waals surface area contributed by atoms with Gasteiger partial charge in [-0.05, 0) is 43.0 Å². The van der Waals surface area contributed by atoms with E-state index in [0.717, 1.165) is 5.69 Å². The number of anilines is 1. The fraction of sp³-hybridized carbons (Fsp3) is 0.556. The van der Waals surface area contributed by atoms with Crippen molar-refractivity contribution in [3.8, 4) is 0 Å². The van der Waals surface area contributed by atoms with Crippen LogP contribution in [0.25, 0.3) is 0 Å². The molecule has 0 aliphatic carbocycles. The molecule has 0 radical (unpaired) electrons. The predicted octanol–water partition coefficient (Wildman–Crippen LogP) is 0.406. The number of carbonyl (C=O) groups excluding carboxylic acids is 2. The minimum Gasteiger partial charge on any atom is -0.426 e. The van der Waals surface area contributed by atoms with Crippen LogP contribution in [0.1, 0.15) is 26.7 Å². The first-order chi connectivity index (χ1) is 12.7. The molecule has 27 heavy (non-hydrogen) atoms. The van der Waals surface area contributed by atoms with E-state index in [2.05, 4.69) is 5.32 Å². The summed E-state index contributed by atoms with van der Waals surface area (Å²) in [6.45, 7) is 4.35. The molecule has 0 saturated carbocycles. The number of likely N-dealkylation sites (N-methyl/N-ethyl adjacent to an activating group) is 1. The average Bonchev–Trinajstić information content (AvgIpc) is 2.54. The van der Waals surface area contributed by atoms with E-state index in [1.165, 1.54) is 24.1 Å². The zero-order valence-electron chi connectivity index (χ0n) is 15.9. The van der Waals surface area contributed by atoms with Crippen molar-refractivity contribution in [3.05, 3.63) is 30.1 Å². The number of hydrogen-bond donors (Lipinski definition) is 3. The Bertz CT molecular complexity index is 657. The summed E-state index contributed by atoms with van der Waals surface area (Å²) in [6, 6.07) is 5.56. The molecule has 1 aliphatic rings. The van der Waals surface area contributed by atoms with E-state index >= 15 is 0 Å². The second-order valence-electron chi connectivity index (χ2n) is 7.39. The van der Waals surface area contributed by atoms with Crippen LogP contribution in [-0.4, -0.2) is 66.0 Å². The smallest absolute Gasteiger partial charge is 0.426 e. The molecular weight excluding hydrogens is 352 g/mol. The van der Waals surface area contributed by atoms with Crippen LogP contribution in [0.4, 0.5) is 10.1 Å². The molecule has 9 heteroatoms. The third-order valence-corrected chi connectivity index (χ3v) is 4.65. The highest BCUT2D eigenvalue weighted by Crippen LogP contribution is 2.27. The number of nitrogens with one attached hydrogen (secondary N) is 1. The summed E-state index contributed by atoms with van der Waals surface area (Å²) in [4.78, 5) is 28.0. The molecular formula is C18H27BFN3O4. The van der Waals surface area contributed by atoms with Crippen LogP contribution >= 0.6 is 0 Å². The summed E-state index contributed by atoms with van der Waals surface area (Å²) in [5.74, 6) is -1.59. The van der Waals surface area contributed by atoms with E-state index in [4.69, 9.17) is 0 Å². The molecule has 1 aromatic rings. The minimum atomic E-state index is -1.65. The Morgan fingerprint density at radius 2 is 1.96 bits per heavy atom. The minimum absolute atomic E-state index is 0.173. The molecule has 148 valence electrons. The lowest BCUT2D eigenvalue weighted by molar-refractivity contribution is -0.136. The molecule has 1 heterocycles.